The highest BCUT2D eigenvalue weighted by Crippen LogP contribution is 2.21. The van der Waals surface area contributed by atoms with Crippen LogP contribution in [0, 0.1) is 0 Å². The smallest absolute Gasteiger partial charge is 0.239 e. The third-order valence-corrected chi connectivity index (χ3v) is 4.05. The van der Waals surface area contributed by atoms with Gasteiger partial charge >= 0.3 is 0 Å². The largest absolute Gasteiger partial charge is 0.355 e. The molecule has 2 rings (SSSR count). The Morgan fingerprint density at radius 1 is 0.958 bits per heavy atom. The Hall–Kier alpha value is -2.00. The Balaban J connectivity index is 1.97. The van der Waals surface area contributed by atoms with Crippen molar-refractivity contribution >= 4 is 34.6 Å². The molecule has 128 valence electrons. The average Bonchev–Trinajstić information content (AvgIpc) is 2.59. The molecule has 4 heteroatoms. The molecule has 3 nitrogen and oxygen atoms in total. The third kappa shape index (κ3) is 6.25. The van der Waals surface area contributed by atoms with Crippen LogP contribution in [0.4, 0.5) is 17.1 Å². The van der Waals surface area contributed by atoms with Gasteiger partial charge in [-0.1, -0.05) is 44.4 Å². The summed E-state index contributed by atoms with van der Waals surface area (Å²) in [6.07, 6.45) is 6.20. The lowest BCUT2D eigenvalue weighted by Crippen LogP contribution is -2.12. The SMILES string of the molecule is CCCCCCc1cccc(Nc2cccc(NC(=O)CCl)c2)c1. The molecule has 0 saturated heterocycles. The molecule has 0 aliphatic carbocycles. The minimum atomic E-state index is -0.206. The van der Waals surface area contributed by atoms with Crippen molar-refractivity contribution in [3.05, 3.63) is 54.1 Å². The van der Waals surface area contributed by atoms with Crippen LogP contribution in [0.15, 0.2) is 48.5 Å². The number of hydrogen-bond donors (Lipinski definition) is 2. The second-order valence-electron chi connectivity index (χ2n) is 5.90. The maximum Gasteiger partial charge on any atom is 0.239 e. The highest BCUT2D eigenvalue weighted by atomic mass is 35.5. The van der Waals surface area contributed by atoms with Gasteiger partial charge in [-0.2, -0.15) is 0 Å². The number of nitrogens with one attached hydrogen (secondary N) is 2. The first kappa shape index (κ1) is 18.3. The van der Waals surface area contributed by atoms with Crippen molar-refractivity contribution in [3.63, 3.8) is 0 Å². The average molecular weight is 345 g/mol. The van der Waals surface area contributed by atoms with Crippen molar-refractivity contribution in [3.8, 4) is 0 Å². The maximum absolute atomic E-state index is 11.4. The van der Waals surface area contributed by atoms with Crippen LogP contribution >= 0.6 is 11.6 Å². The summed E-state index contributed by atoms with van der Waals surface area (Å²) >= 11 is 5.52. The lowest BCUT2D eigenvalue weighted by Gasteiger charge is -2.10. The lowest BCUT2D eigenvalue weighted by molar-refractivity contribution is -0.113. The van der Waals surface area contributed by atoms with Gasteiger partial charge in [0.25, 0.3) is 0 Å². The van der Waals surface area contributed by atoms with Crippen LogP contribution in [0.1, 0.15) is 38.2 Å². The highest BCUT2D eigenvalue weighted by Gasteiger charge is 2.02. The number of aryl methyl sites for hydroxylation is 1. The van der Waals surface area contributed by atoms with Crippen molar-refractivity contribution in [1.82, 2.24) is 0 Å². The Morgan fingerprint density at radius 3 is 2.42 bits per heavy atom. The first-order chi connectivity index (χ1) is 11.7. The molecule has 0 spiro atoms. The molecule has 0 unspecified atom stereocenters. The summed E-state index contributed by atoms with van der Waals surface area (Å²) in [6, 6.07) is 16.1. The van der Waals surface area contributed by atoms with Crippen molar-refractivity contribution in [1.29, 1.82) is 0 Å². The summed E-state index contributed by atoms with van der Waals surface area (Å²) in [5.74, 6) is -0.250. The number of unbranched alkanes of at least 4 members (excludes halogenated alkanes) is 3. The molecule has 24 heavy (non-hydrogen) atoms. The molecule has 2 N–H and O–H groups in total. The van der Waals surface area contributed by atoms with Crippen molar-refractivity contribution in [2.75, 3.05) is 16.5 Å². The Bertz CT molecular complexity index is 658. The van der Waals surface area contributed by atoms with E-state index in [0.29, 0.717) is 0 Å². The lowest BCUT2D eigenvalue weighted by atomic mass is 10.1. The molecule has 0 heterocycles. The number of halogens is 1. The van der Waals surface area contributed by atoms with E-state index in [1.54, 1.807) is 0 Å². The van der Waals surface area contributed by atoms with Crippen LogP contribution in [0.25, 0.3) is 0 Å². The second kappa shape index (κ2) is 9.99. The number of anilines is 3. The highest BCUT2D eigenvalue weighted by molar-refractivity contribution is 6.29. The molecule has 1 amide bonds. The van der Waals surface area contributed by atoms with Gasteiger partial charge in [0.2, 0.25) is 5.91 Å². The first-order valence-electron chi connectivity index (χ1n) is 8.53. The normalized spacial score (nSPS) is 10.4. The van der Waals surface area contributed by atoms with Gasteiger partial charge in [0.15, 0.2) is 0 Å². The van der Waals surface area contributed by atoms with Crippen LogP contribution in [-0.2, 0) is 11.2 Å². The molecule has 2 aromatic rings. The summed E-state index contributed by atoms with van der Waals surface area (Å²) in [5.41, 5.74) is 4.08. The monoisotopic (exact) mass is 344 g/mol. The number of benzene rings is 2. The predicted molar refractivity (Wildman–Crippen MR) is 103 cm³/mol. The van der Waals surface area contributed by atoms with E-state index < -0.39 is 0 Å². The van der Waals surface area contributed by atoms with Gasteiger partial charge in [-0.3, -0.25) is 4.79 Å². The molecule has 0 radical (unpaired) electrons. The summed E-state index contributed by atoms with van der Waals surface area (Å²) in [6.45, 7) is 2.23. The first-order valence-corrected chi connectivity index (χ1v) is 9.06. The summed E-state index contributed by atoms with van der Waals surface area (Å²) in [4.78, 5) is 11.4. The van der Waals surface area contributed by atoms with E-state index in [1.165, 1.54) is 31.2 Å². The summed E-state index contributed by atoms with van der Waals surface area (Å²) in [7, 11) is 0. The molecule has 0 aromatic heterocycles. The molecule has 0 fully saturated rings. The Labute approximate surface area is 149 Å². The van der Waals surface area contributed by atoms with E-state index in [4.69, 9.17) is 11.6 Å². The molecule has 0 atom stereocenters. The van der Waals surface area contributed by atoms with Crippen molar-refractivity contribution in [2.45, 2.75) is 39.0 Å². The molecule has 0 aliphatic heterocycles. The number of rotatable bonds is 9. The number of carbonyl (C=O) groups excluding carboxylic acids is 1. The van der Waals surface area contributed by atoms with E-state index in [1.807, 2.05) is 24.3 Å². The van der Waals surface area contributed by atoms with Gasteiger partial charge in [0.05, 0.1) is 0 Å². The van der Waals surface area contributed by atoms with Gasteiger partial charge < -0.3 is 10.6 Å². The molecule has 0 bridgehead atoms. The molecular weight excluding hydrogens is 320 g/mol. The Morgan fingerprint density at radius 2 is 1.67 bits per heavy atom. The van der Waals surface area contributed by atoms with Crippen LogP contribution in [0.3, 0.4) is 0 Å². The fraction of sp³-hybridized carbons (Fsp3) is 0.350. The zero-order chi connectivity index (χ0) is 17.2. The van der Waals surface area contributed by atoms with Gasteiger partial charge in [-0.05, 0) is 48.7 Å². The van der Waals surface area contributed by atoms with E-state index >= 15 is 0 Å². The minimum Gasteiger partial charge on any atom is -0.355 e. The molecule has 2 aromatic carbocycles. The fourth-order valence-electron chi connectivity index (χ4n) is 2.60. The van der Waals surface area contributed by atoms with E-state index in [0.717, 1.165) is 23.5 Å². The van der Waals surface area contributed by atoms with Crippen LogP contribution in [0.2, 0.25) is 0 Å². The van der Waals surface area contributed by atoms with E-state index in [-0.39, 0.29) is 11.8 Å². The zero-order valence-corrected chi connectivity index (χ0v) is 14.9. The molecule has 0 aliphatic rings. The van der Waals surface area contributed by atoms with Gasteiger partial charge in [-0.25, -0.2) is 0 Å². The number of hydrogen-bond acceptors (Lipinski definition) is 2. The predicted octanol–water partition coefficient (Wildman–Crippen LogP) is 5.73. The van der Waals surface area contributed by atoms with Crippen LogP contribution in [-0.4, -0.2) is 11.8 Å². The fourth-order valence-corrected chi connectivity index (χ4v) is 2.66. The molecular formula is C20H25ClN2O. The summed E-state index contributed by atoms with van der Waals surface area (Å²) < 4.78 is 0. The number of carbonyl (C=O) groups is 1. The van der Waals surface area contributed by atoms with E-state index in [9.17, 15) is 4.79 Å². The number of amides is 1. The quantitative estimate of drug-likeness (QED) is 0.450. The second-order valence-corrected chi connectivity index (χ2v) is 6.17. The van der Waals surface area contributed by atoms with Gasteiger partial charge in [0.1, 0.15) is 5.88 Å². The van der Waals surface area contributed by atoms with Crippen LogP contribution < -0.4 is 10.6 Å². The zero-order valence-electron chi connectivity index (χ0n) is 14.1. The topological polar surface area (TPSA) is 41.1 Å². The third-order valence-electron chi connectivity index (χ3n) is 3.80. The summed E-state index contributed by atoms with van der Waals surface area (Å²) in [5, 5.41) is 6.15. The maximum atomic E-state index is 11.4. The Kier molecular flexibility index (Phi) is 7.63. The van der Waals surface area contributed by atoms with Gasteiger partial charge in [0, 0.05) is 17.1 Å². The van der Waals surface area contributed by atoms with Crippen molar-refractivity contribution in [2.24, 2.45) is 0 Å². The minimum absolute atomic E-state index is 0.0439. The van der Waals surface area contributed by atoms with E-state index in [2.05, 4.69) is 41.8 Å². The van der Waals surface area contributed by atoms with Gasteiger partial charge in [-0.15, -0.1) is 11.6 Å². The van der Waals surface area contributed by atoms with Crippen LogP contribution in [0.5, 0.6) is 0 Å². The standard InChI is InChI=1S/C20H25ClN2O/c1-2-3-4-5-8-16-9-6-10-17(13-16)22-18-11-7-12-19(14-18)23-20(24)15-21/h6-7,9-14,22H,2-5,8,15H2,1H3,(H,23,24). The molecule has 0 saturated carbocycles. The van der Waals surface area contributed by atoms with Crippen molar-refractivity contribution < 1.29 is 4.79 Å². The number of alkyl halides is 1.